The Bertz CT molecular complexity index is 792. The van der Waals surface area contributed by atoms with Gasteiger partial charge in [-0.05, 0) is 29.8 Å². The first kappa shape index (κ1) is 16.5. The fourth-order valence-electron chi connectivity index (χ4n) is 3.23. The van der Waals surface area contributed by atoms with E-state index in [4.69, 9.17) is 22.1 Å². The number of benzene rings is 2. The van der Waals surface area contributed by atoms with E-state index in [0.29, 0.717) is 5.02 Å². The third-order valence-corrected chi connectivity index (χ3v) is 6.89. The molecule has 1 aliphatic carbocycles. The Morgan fingerprint density at radius 3 is 2.30 bits per heavy atom. The van der Waals surface area contributed by atoms with Crippen molar-refractivity contribution in [3.63, 3.8) is 0 Å². The average Bonchev–Trinajstić information content (AvgIpc) is 3.15. The first-order chi connectivity index (χ1) is 10.9. The Kier molecular flexibility index (Phi) is 4.23. The number of sulfone groups is 1. The van der Waals surface area contributed by atoms with Crippen LogP contribution in [0, 0.1) is 0 Å². The minimum Gasteiger partial charge on any atom is -0.383 e. The number of ether oxygens (including phenoxy) is 1. The van der Waals surface area contributed by atoms with Crippen molar-refractivity contribution in [1.82, 2.24) is 0 Å². The minimum absolute atomic E-state index is 0.185. The summed E-state index contributed by atoms with van der Waals surface area (Å²) in [5, 5.41) is -0.214. The highest BCUT2D eigenvalue weighted by atomic mass is 35.5. The van der Waals surface area contributed by atoms with Crippen LogP contribution in [0.4, 0.5) is 0 Å². The van der Waals surface area contributed by atoms with Crippen LogP contribution in [0.5, 0.6) is 0 Å². The van der Waals surface area contributed by atoms with Crippen LogP contribution in [0.25, 0.3) is 0 Å². The Morgan fingerprint density at radius 1 is 1.13 bits per heavy atom. The van der Waals surface area contributed by atoms with E-state index in [2.05, 4.69) is 0 Å². The van der Waals surface area contributed by atoms with Crippen LogP contribution in [0.3, 0.4) is 0 Å². The van der Waals surface area contributed by atoms with Crippen LogP contribution >= 0.6 is 11.6 Å². The molecule has 0 bridgehead atoms. The van der Waals surface area contributed by atoms with Gasteiger partial charge in [-0.2, -0.15) is 0 Å². The number of methoxy groups -OCH3 is 1. The molecule has 0 aromatic heterocycles. The predicted molar refractivity (Wildman–Crippen MR) is 90.4 cm³/mol. The van der Waals surface area contributed by atoms with Crippen molar-refractivity contribution in [2.24, 2.45) is 5.73 Å². The van der Waals surface area contributed by atoms with Gasteiger partial charge in [-0.1, -0.05) is 41.9 Å². The Labute approximate surface area is 141 Å². The predicted octanol–water partition coefficient (Wildman–Crippen LogP) is 2.62. The number of nitrogens with two attached hydrogens (primary N) is 1. The zero-order chi connectivity index (χ0) is 16.7. The first-order valence-corrected chi connectivity index (χ1v) is 9.16. The van der Waals surface area contributed by atoms with Crippen molar-refractivity contribution in [1.29, 1.82) is 0 Å². The summed E-state index contributed by atoms with van der Waals surface area (Å²) in [5.74, 6) is -0.288. The van der Waals surface area contributed by atoms with Crippen LogP contribution in [-0.2, 0) is 14.6 Å². The molecule has 122 valence electrons. The van der Waals surface area contributed by atoms with Gasteiger partial charge in [-0.3, -0.25) is 0 Å². The molecule has 23 heavy (non-hydrogen) atoms. The maximum atomic E-state index is 13.0. The van der Waals surface area contributed by atoms with Crippen LogP contribution in [0.1, 0.15) is 11.5 Å². The van der Waals surface area contributed by atoms with Crippen molar-refractivity contribution in [2.75, 3.05) is 13.7 Å². The second kappa shape index (κ2) is 5.91. The molecule has 2 aromatic carbocycles. The fraction of sp³-hybridized carbons (Fsp3) is 0.294. The minimum atomic E-state index is -3.57. The van der Waals surface area contributed by atoms with E-state index in [1.54, 1.807) is 12.1 Å². The Hall–Kier alpha value is -1.40. The van der Waals surface area contributed by atoms with Gasteiger partial charge in [0.25, 0.3) is 0 Å². The van der Waals surface area contributed by atoms with Crippen LogP contribution in [0.15, 0.2) is 59.5 Å². The molecule has 0 amide bonds. The second-order valence-electron chi connectivity index (χ2n) is 5.85. The second-order valence-corrected chi connectivity index (χ2v) is 8.36. The summed E-state index contributed by atoms with van der Waals surface area (Å²) in [6.45, 7) is 0.185. The maximum absolute atomic E-state index is 13.0. The molecule has 0 heterocycles. The van der Waals surface area contributed by atoms with Crippen molar-refractivity contribution in [2.45, 2.75) is 21.6 Å². The SMILES string of the molecule is COC[C@]1(N)[C@H](c2ccccc2)[C@H]1S(=O)(=O)c1ccc(Cl)cc1. The monoisotopic (exact) mass is 351 g/mol. The molecule has 6 heteroatoms. The summed E-state index contributed by atoms with van der Waals surface area (Å²) in [4.78, 5) is 0.233. The molecule has 2 N–H and O–H groups in total. The van der Waals surface area contributed by atoms with E-state index in [0.717, 1.165) is 5.56 Å². The molecule has 1 saturated carbocycles. The van der Waals surface area contributed by atoms with Crippen molar-refractivity contribution in [3.05, 3.63) is 65.2 Å². The lowest BCUT2D eigenvalue weighted by Gasteiger charge is -2.11. The third kappa shape index (κ3) is 2.78. The van der Waals surface area contributed by atoms with Gasteiger partial charge in [0.1, 0.15) is 0 Å². The standard InChI is InChI=1S/C17H18ClNO3S/c1-22-11-17(19)15(12-5-3-2-4-6-12)16(17)23(20,21)14-9-7-13(18)8-10-14/h2-10,15-16H,11,19H2,1H3/t15-,16-,17+/m1/s1. The molecular weight excluding hydrogens is 334 g/mol. The average molecular weight is 352 g/mol. The molecule has 0 spiro atoms. The molecular formula is C17H18ClNO3S. The van der Waals surface area contributed by atoms with Gasteiger partial charge in [-0.25, -0.2) is 8.42 Å². The zero-order valence-corrected chi connectivity index (χ0v) is 14.2. The largest absolute Gasteiger partial charge is 0.383 e. The van der Waals surface area contributed by atoms with E-state index in [9.17, 15) is 8.42 Å². The number of halogens is 1. The third-order valence-electron chi connectivity index (χ3n) is 4.33. The van der Waals surface area contributed by atoms with Crippen molar-refractivity contribution >= 4 is 21.4 Å². The van der Waals surface area contributed by atoms with Crippen LogP contribution in [-0.4, -0.2) is 32.9 Å². The lowest BCUT2D eigenvalue weighted by Crippen LogP contribution is -2.35. The highest BCUT2D eigenvalue weighted by Crippen LogP contribution is 2.55. The highest BCUT2D eigenvalue weighted by Gasteiger charge is 2.69. The van der Waals surface area contributed by atoms with Gasteiger partial charge >= 0.3 is 0 Å². The maximum Gasteiger partial charge on any atom is 0.183 e. The summed E-state index contributed by atoms with van der Waals surface area (Å²) < 4.78 is 31.2. The highest BCUT2D eigenvalue weighted by molar-refractivity contribution is 7.92. The molecule has 3 rings (SSSR count). The topological polar surface area (TPSA) is 69.4 Å². The van der Waals surface area contributed by atoms with E-state index < -0.39 is 20.6 Å². The van der Waals surface area contributed by atoms with Gasteiger partial charge < -0.3 is 10.5 Å². The van der Waals surface area contributed by atoms with E-state index >= 15 is 0 Å². The summed E-state index contributed by atoms with van der Waals surface area (Å²) in [5.41, 5.74) is 6.39. The molecule has 1 aliphatic rings. The molecule has 0 saturated heterocycles. The molecule has 0 radical (unpaired) electrons. The molecule has 3 atom stereocenters. The van der Waals surface area contributed by atoms with Crippen LogP contribution < -0.4 is 5.73 Å². The van der Waals surface area contributed by atoms with E-state index in [1.807, 2.05) is 30.3 Å². The molecule has 0 aliphatic heterocycles. The van der Waals surface area contributed by atoms with Gasteiger partial charge in [-0.15, -0.1) is 0 Å². The van der Waals surface area contributed by atoms with E-state index in [1.165, 1.54) is 19.2 Å². The lowest BCUT2D eigenvalue weighted by molar-refractivity contribution is 0.171. The number of rotatable bonds is 5. The number of hydrogen-bond donors (Lipinski definition) is 1. The quantitative estimate of drug-likeness (QED) is 0.899. The molecule has 2 aromatic rings. The van der Waals surface area contributed by atoms with Gasteiger partial charge in [0.2, 0.25) is 0 Å². The molecule has 0 unspecified atom stereocenters. The smallest absolute Gasteiger partial charge is 0.183 e. The van der Waals surface area contributed by atoms with Crippen molar-refractivity contribution in [3.8, 4) is 0 Å². The zero-order valence-electron chi connectivity index (χ0n) is 12.6. The molecule has 1 fully saturated rings. The first-order valence-electron chi connectivity index (χ1n) is 7.23. The van der Waals surface area contributed by atoms with Gasteiger partial charge in [0, 0.05) is 18.1 Å². The molecule has 4 nitrogen and oxygen atoms in total. The van der Waals surface area contributed by atoms with Crippen molar-refractivity contribution < 1.29 is 13.2 Å². The van der Waals surface area contributed by atoms with Gasteiger partial charge in [0.15, 0.2) is 9.84 Å². The summed E-state index contributed by atoms with van der Waals surface area (Å²) in [6.07, 6.45) is 0. The summed E-state index contributed by atoms with van der Waals surface area (Å²) in [7, 11) is -2.04. The summed E-state index contributed by atoms with van der Waals surface area (Å²) in [6, 6.07) is 15.6. The number of hydrogen-bond acceptors (Lipinski definition) is 4. The summed E-state index contributed by atoms with van der Waals surface area (Å²) >= 11 is 5.85. The van der Waals surface area contributed by atoms with Crippen LogP contribution in [0.2, 0.25) is 5.02 Å². The Morgan fingerprint density at radius 2 is 1.74 bits per heavy atom. The van der Waals surface area contributed by atoms with Gasteiger partial charge in [0.05, 0.1) is 22.3 Å². The normalized spacial score (nSPS) is 26.9. The fourth-order valence-corrected chi connectivity index (χ4v) is 5.65. The van der Waals surface area contributed by atoms with E-state index in [-0.39, 0.29) is 17.4 Å². The lowest BCUT2D eigenvalue weighted by atomic mass is 10.1. The Balaban J connectivity index is 2.01.